The topological polar surface area (TPSA) is 0 Å². The Balaban J connectivity index is 2.62. The third-order valence-electron chi connectivity index (χ3n) is 1.82. The van der Waals surface area contributed by atoms with Gasteiger partial charge in [0, 0.05) is 0 Å². The van der Waals surface area contributed by atoms with Crippen LogP contribution in [0.2, 0.25) is 0 Å². The molecule has 0 aliphatic rings. The Morgan fingerprint density at radius 1 is 1.27 bits per heavy atom. The third kappa shape index (κ3) is 2.86. The van der Waals surface area contributed by atoms with Crippen molar-refractivity contribution in [1.82, 2.24) is 0 Å². The molecule has 1 aromatic carbocycles. The first-order valence-electron chi connectivity index (χ1n) is 4.14. The molecule has 0 N–H and O–H groups in total. The maximum absolute atomic E-state index is 2.25. The van der Waals surface area contributed by atoms with Crippen molar-refractivity contribution >= 4 is 26.1 Å². The molecule has 54 valence electrons. The Morgan fingerprint density at radius 3 is 2.64 bits per heavy atom. The number of benzene rings is 1. The van der Waals surface area contributed by atoms with E-state index in [9.17, 15) is 0 Å². The van der Waals surface area contributed by atoms with E-state index in [0.717, 1.165) is 0 Å². The second-order valence-corrected chi connectivity index (χ2v) is 4.30. The molecule has 1 aromatic rings. The van der Waals surface area contributed by atoms with E-state index in [1.807, 2.05) is 0 Å². The maximum atomic E-state index is 2.25. The fraction of sp³-hybridized carbons (Fsp3) is 0.400. The standard InChI is InChI=1S/C10H13.Sn/c1-2-3-7-10-8-5-4-6-9-10;/h4-6,8H,2-3,7H2,1H3;/q;+3. The van der Waals surface area contributed by atoms with Crippen LogP contribution in [-0.2, 0) is 6.42 Å². The molecule has 0 amide bonds. The number of rotatable bonds is 3. The van der Waals surface area contributed by atoms with Gasteiger partial charge in [0.05, 0.1) is 0 Å². The van der Waals surface area contributed by atoms with Crippen LogP contribution >= 0.6 is 0 Å². The van der Waals surface area contributed by atoms with Crippen molar-refractivity contribution in [1.29, 1.82) is 0 Å². The van der Waals surface area contributed by atoms with Crippen molar-refractivity contribution in [2.45, 2.75) is 26.2 Å². The zero-order valence-corrected chi connectivity index (χ0v) is 9.78. The summed E-state index contributed by atoms with van der Waals surface area (Å²) >= 11 is 1.54. The summed E-state index contributed by atoms with van der Waals surface area (Å²) < 4.78 is 1.52. The van der Waals surface area contributed by atoms with Crippen LogP contribution < -0.4 is 3.58 Å². The van der Waals surface area contributed by atoms with Crippen LogP contribution in [-0.4, -0.2) is 22.5 Å². The molecule has 0 aliphatic carbocycles. The Hall–Kier alpha value is 0.0187. The fourth-order valence-corrected chi connectivity index (χ4v) is 1.97. The van der Waals surface area contributed by atoms with Gasteiger partial charge in [0.2, 0.25) is 0 Å². The number of hydrogen-bond acceptors (Lipinski definition) is 0. The molecular formula is C10H13Sn+3. The summed E-state index contributed by atoms with van der Waals surface area (Å²) in [5, 5.41) is 0. The van der Waals surface area contributed by atoms with E-state index in [4.69, 9.17) is 0 Å². The molecule has 0 atom stereocenters. The number of unbranched alkanes of at least 4 members (excludes halogenated alkanes) is 1. The fourth-order valence-electron chi connectivity index (χ4n) is 1.11. The van der Waals surface area contributed by atoms with Gasteiger partial charge < -0.3 is 0 Å². The number of hydrogen-bond donors (Lipinski definition) is 0. The molecular weight excluding hydrogens is 239 g/mol. The van der Waals surface area contributed by atoms with Crippen LogP contribution in [0.25, 0.3) is 0 Å². The van der Waals surface area contributed by atoms with Gasteiger partial charge in [-0.15, -0.1) is 0 Å². The molecule has 0 heterocycles. The van der Waals surface area contributed by atoms with Crippen LogP contribution in [0.1, 0.15) is 25.3 Å². The zero-order valence-electron chi connectivity index (χ0n) is 6.93. The molecule has 0 spiro atoms. The van der Waals surface area contributed by atoms with Gasteiger partial charge in [-0.25, -0.2) is 0 Å². The number of aryl methyl sites for hydroxylation is 1. The van der Waals surface area contributed by atoms with Gasteiger partial charge in [-0.2, -0.15) is 0 Å². The first kappa shape index (κ1) is 9.11. The van der Waals surface area contributed by atoms with Gasteiger partial charge in [0.1, 0.15) is 0 Å². The van der Waals surface area contributed by atoms with Crippen LogP contribution in [0.3, 0.4) is 0 Å². The normalized spacial score (nSPS) is 10.1. The van der Waals surface area contributed by atoms with Crippen molar-refractivity contribution in [2.75, 3.05) is 0 Å². The first-order valence-corrected chi connectivity index (χ1v) is 5.57. The minimum absolute atomic E-state index is 1.26. The van der Waals surface area contributed by atoms with E-state index in [1.165, 1.54) is 22.8 Å². The molecule has 0 aliphatic heterocycles. The molecule has 1 heteroatoms. The molecule has 0 bridgehead atoms. The molecule has 0 radical (unpaired) electrons. The summed E-state index contributed by atoms with van der Waals surface area (Å²) in [6, 6.07) is 8.74. The summed E-state index contributed by atoms with van der Waals surface area (Å²) in [6.07, 6.45) is 3.88. The average Bonchev–Trinajstić information content (AvgIpc) is 2.03. The Bertz CT molecular complexity index is 218. The van der Waals surface area contributed by atoms with E-state index in [1.54, 1.807) is 28.1 Å². The van der Waals surface area contributed by atoms with Crippen molar-refractivity contribution < 1.29 is 0 Å². The molecule has 0 fully saturated rings. The Morgan fingerprint density at radius 2 is 2.00 bits per heavy atom. The molecule has 0 saturated carbocycles. The third-order valence-corrected chi connectivity index (χ3v) is 3.21. The van der Waals surface area contributed by atoms with E-state index in [2.05, 4.69) is 31.2 Å². The summed E-state index contributed by atoms with van der Waals surface area (Å²) in [5.74, 6) is 0. The van der Waals surface area contributed by atoms with Crippen molar-refractivity contribution in [3.63, 3.8) is 0 Å². The summed E-state index contributed by atoms with van der Waals surface area (Å²) in [5.41, 5.74) is 1.55. The first-order chi connectivity index (χ1) is 5.34. The molecule has 1 rings (SSSR count). The SMILES string of the molecule is CCCCc1cccc[c]1[Sn+3]. The summed E-state index contributed by atoms with van der Waals surface area (Å²) in [7, 11) is 0. The van der Waals surface area contributed by atoms with E-state index in [-0.39, 0.29) is 0 Å². The second-order valence-electron chi connectivity index (χ2n) is 2.76. The van der Waals surface area contributed by atoms with Gasteiger partial charge in [0.25, 0.3) is 0 Å². The molecule has 0 saturated heterocycles. The minimum atomic E-state index is 1.26. The van der Waals surface area contributed by atoms with E-state index in [0.29, 0.717) is 0 Å². The molecule has 0 unspecified atom stereocenters. The van der Waals surface area contributed by atoms with Crippen molar-refractivity contribution in [3.8, 4) is 0 Å². The van der Waals surface area contributed by atoms with Gasteiger partial charge >= 0.3 is 82.1 Å². The summed E-state index contributed by atoms with van der Waals surface area (Å²) in [6.45, 7) is 2.24. The van der Waals surface area contributed by atoms with Gasteiger partial charge in [-0.1, -0.05) is 0 Å². The zero-order chi connectivity index (χ0) is 8.10. The van der Waals surface area contributed by atoms with Crippen LogP contribution in [0.4, 0.5) is 0 Å². The van der Waals surface area contributed by atoms with Crippen molar-refractivity contribution in [2.24, 2.45) is 0 Å². The van der Waals surface area contributed by atoms with Gasteiger partial charge in [-0.3, -0.25) is 0 Å². The average molecular weight is 252 g/mol. The van der Waals surface area contributed by atoms with Gasteiger partial charge in [0.15, 0.2) is 0 Å². The summed E-state index contributed by atoms with van der Waals surface area (Å²) in [4.78, 5) is 0. The Kier molecular flexibility index (Phi) is 3.98. The van der Waals surface area contributed by atoms with Gasteiger partial charge in [-0.05, 0) is 0 Å². The second kappa shape index (κ2) is 4.81. The quantitative estimate of drug-likeness (QED) is 0.720. The Labute approximate surface area is 82.1 Å². The van der Waals surface area contributed by atoms with Crippen molar-refractivity contribution in [3.05, 3.63) is 29.8 Å². The molecule has 0 nitrogen and oxygen atoms in total. The monoisotopic (exact) mass is 253 g/mol. The predicted molar refractivity (Wildman–Crippen MR) is 50.4 cm³/mol. The molecule has 11 heavy (non-hydrogen) atoms. The van der Waals surface area contributed by atoms with Crippen LogP contribution in [0, 0.1) is 0 Å². The van der Waals surface area contributed by atoms with Crippen LogP contribution in [0.5, 0.6) is 0 Å². The predicted octanol–water partition coefficient (Wildman–Crippen LogP) is 1.82. The molecule has 0 aromatic heterocycles. The van der Waals surface area contributed by atoms with E-state index >= 15 is 0 Å². The van der Waals surface area contributed by atoms with Crippen LogP contribution in [0.15, 0.2) is 24.3 Å². The van der Waals surface area contributed by atoms with E-state index < -0.39 is 0 Å².